The summed E-state index contributed by atoms with van der Waals surface area (Å²) >= 11 is 0. The molecule has 20 heavy (non-hydrogen) atoms. The van der Waals surface area contributed by atoms with E-state index in [1.807, 2.05) is 36.4 Å². The predicted molar refractivity (Wildman–Crippen MR) is 77.5 cm³/mol. The fourth-order valence-electron chi connectivity index (χ4n) is 2.37. The Morgan fingerprint density at radius 1 is 1.30 bits per heavy atom. The van der Waals surface area contributed by atoms with Crippen molar-refractivity contribution in [3.05, 3.63) is 36.4 Å². The van der Waals surface area contributed by atoms with Crippen molar-refractivity contribution >= 4 is 28.1 Å². The van der Waals surface area contributed by atoms with Crippen LogP contribution in [0.4, 0.5) is 11.4 Å². The van der Waals surface area contributed by atoms with Crippen LogP contribution in [0, 0.1) is 0 Å². The first-order valence-electron chi connectivity index (χ1n) is 6.40. The molecule has 0 radical (unpaired) electrons. The highest BCUT2D eigenvalue weighted by Crippen LogP contribution is 2.26. The van der Waals surface area contributed by atoms with E-state index in [0.29, 0.717) is 5.69 Å². The van der Waals surface area contributed by atoms with Crippen molar-refractivity contribution in [1.82, 2.24) is 0 Å². The maximum Gasteiger partial charge on any atom is 0.260 e. The summed E-state index contributed by atoms with van der Waals surface area (Å²) in [5.74, 6) is -0.0740. The topological polar surface area (TPSA) is 64.8 Å². The molecule has 0 saturated carbocycles. The number of methoxy groups -OCH3 is 1. The van der Waals surface area contributed by atoms with E-state index in [0.717, 1.165) is 16.5 Å². The lowest BCUT2D eigenvalue weighted by Crippen LogP contribution is -2.31. The van der Waals surface area contributed by atoms with Crippen LogP contribution in [0.1, 0.15) is 0 Å². The summed E-state index contributed by atoms with van der Waals surface area (Å²) in [4.78, 5) is 13.8. The van der Waals surface area contributed by atoms with Gasteiger partial charge in [0.15, 0.2) is 6.10 Å². The standard InChI is InChI=1S/C15H16N2O3/c1-19-8-14-15(18)17(9-20-14)13-5-3-10-2-4-12(16)6-11(10)7-13/h2-7,14H,8-9,16H2,1H3. The van der Waals surface area contributed by atoms with E-state index in [-0.39, 0.29) is 19.2 Å². The third-order valence-electron chi connectivity index (χ3n) is 3.42. The molecule has 1 unspecified atom stereocenters. The predicted octanol–water partition coefficient (Wildman–Crippen LogP) is 1.76. The van der Waals surface area contributed by atoms with Gasteiger partial charge in [0.25, 0.3) is 5.91 Å². The number of amides is 1. The number of carbonyl (C=O) groups excluding carboxylic acids is 1. The third kappa shape index (κ3) is 2.21. The summed E-state index contributed by atoms with van der Waals surface area (Å²) in [7, 11) is 1.55. The number of benzene rings is 2. The number of rotatable bonds is 3. The maximum absolute atomic E-state index is 12.2. The number of fused-ring (bicyclic) bond motifs is 1. The van der Waals surface area contributed by atoms with Crippen molar-refractivity contribution in [2.24, 2.45) is 0 Å². The van der Waals surface area contributed by atoms with Gasteiger partial charge in [0.2, 0.25) is 0 Å². The highest BCUT2D eigenvalue weighted by Gasteiger charge is 2.33. The van der Waals surface area contributed by atoms with Gasteiger partial charge in [-0.2, -0.15) is 0 Å². The van der Waals surface area contributed by atoms with Crippen LogP contribution in [0.15, 0.2) is 36.4 Å². The van der Waals surface area contributed by atoms with Crippen LogP contribution in [0.3, 0.4) is 0 Å². The van der Waals surface area contributed by atoms with Crippen molar-refractivity contribution in [2.45, 2.75) is 6.10 Å². The SMILES string of the molecule is COCC1OCN(c2ccc3ccc(N)cc3c2)C1=O. The second kappa shape index (κ2) is 5.11. The Labute approximate surface area is 116 Å². The zero-order chi connectivity index (χ0) is 14.1. The Kier molecular flexibility index (Phi) is 3.30. The smallest absolute Gasteiger partial charge is 0.260 e. The summed E-state index contributed by atoms with van der Waals surface area (Å²) in [6.07, 6.45) is -0.517. The molecule has 5 heteroatoms. The lowest BCUT2D eigenvalue weighted by atomic mass is 10.1. The average Bonchev–Trinajstić information content (AvgIpc) is 2.80. The molecule has 0 spiro atoms. The van der Waals surface area contributed by atoms with E-state index in [9.17, 15) is 4.79 Å². The largest absolute Gasteiger partial charge is 0.399 e. The zero-order valence-electron chi connectivity index (χ0n) is 11.2. The molecule has 1 atom stereocenters. The molecule has 1 amide bonds. The van der Waals surface area contributed by atoms with Gasteiger partial charge in [0, 0.05) is 18.5 Å². The van der Waals surface area contributed by atoms with Gasteiger partial charge >= 0.3 is 0 Å². The van der Waals surface area contributed by atoms with Gasteiger partial charge in [-0.1, -0.05) is 12.1 Å². The summed E-state index contributed by atoms with van der Waals surface area (Å²) in [5.41, 5.74) is 7.31. The maximum atomic E-state index is 12.2. The Bertz CT molecular complexity index is 657. The van der Waals surface area contributed by atoms with E-state index < -0.39 is 6.10 Å². The normalized spacial score (nSPS) is 18.9. The van der Waals surface area contributed by atoms with Crippen molar-refractivity contribution in [2.75, 3.05) is 31.1 Å². The fourth-order valence-corrected chi connectivity index (χ4v) is 2.37. The molecule has 2 aromatic rings. The summed E-state index contributed by atoms with van der Waals surface area (Å²) in [5, 5.41) is 2.09. The third-order valence-corrected chi connectivity index (χ3v) is 3.42. The number of nitrogens with zero attached hydrogens (tertiary/aromatic N) is 1. The number of nitrogens with two attached hydrogens (primary N) is 1. The van der Waals surface area contributed by atoms with Crippen molar-refractivity contribution < 1.29 is 14.3 Å². The summed E-state index contributed by atoms with van der Waals surface area (Å²) in [6, 6.07) is 11.6. The van der Waals surface area contributed by atoms with Crippen molar-refractivity contribution in [3.63, 3.8) is 0 Å². The molecular formula is C15H16N2O3. The highest BCUT2D eigenvalue weighted by atomic mass is 16.6. The Morgan fingerprint density at radius 2 is 2.10 bits per heavy atom. The molecule has 0 bridgehead atoms. The van der Waals surface area contributed by atoms with Crippen LogP contribution >= 0.6 is 0 Å². The van der Waals surface area contributed by atoms with Crippen molar-refractivity contribution in [3.8, 4) is 0 Å². The lowest BCUT2D eigenvalue weighted by molar-refractivity contribution is -0.124. The fraction of sp³-hybridized carbons (Fsp3) is 0.267. The molecule has 1 aliphatic heterocycles. The van der Waals surface area contributed by atoms with Crippen LogP contribution in [-0.2, 0) is 14.3 Å². The first-order chi connectivity index (χ1) is 9.69. The minimum Gasteiger partial charge on any atom is -0.399 e. The second-order valence-corrected chi connectivity index (χ2v) is 4.80. The molecule has 2 N–H and O–H groups in total. The van der Waals surface area contributed by atoms with Gasteiger partial charge in [-0.15, -0.1) is 0 Å². The lowest BCUT2D eigenvalue weighted by Gasteiger charge is -2.15. The van der Waals surface area contributed by atoms with Crippen LogP contribution in [0.5, 0.6) is 0 Å². The van der Waals surface area contributed by atoms with E-state index in [2.05, 4.69) is 0 Å². The van der Waals surface area contributed by atoms with Gasteiger partial charge in [0.05, 0.1) is 6.61 Å². The summed E-state index contributed by atoms with van der Waals surface area (Å²) in [6.45, 7) is 0.524. The summed E-state index contributed by atoms with van der Waals surface area (Å²) < 4.78 is 10.4. The Morgan fingerprint density at radius 3 is 2.90 bits per heavy atom. The molecule has 0 aromatic heterocycles. The minimum absolute atomic E-state index is 0.0740. The molecule has 1 saturated heterocycles. The number of ether oxygens (including phenoxy) is 2. The molecule has 5 nitrogen and oxygen atoms in total. The van der Waals surface area contributed by atoms with Crippen LogP contribution < -0.4 is 10.6 Å². The average molecular weight is 272 g/mol. The molecule has 3 rings (SSSR count). The highest BCUT2D eigenvalue weighted by molar-refractivity contribution is 6.00. The van der Waals surface area contributed by atoms with Crippen molar-refractivity contribution in [1.29, 1.82) is 0 Å². The molecule has 0 aliphatic carbocycles. The first-order valence-corrected chi connectivity index (χ1v) is 6.40. The minimum atomic E-state index is -0.517. The second-order valence-electron chi connectivity index (χ2n) is 4.80. The zero-order valence-corrected chi connectivity index (χ0v) is 11.2. The number of hydrogen-bond donors (Lipinski definition) is 1. The molecular weight excluding hydrogens is 256 g/mol. The van der Waals surface area contributed by atoms with Gasteiger partial charge in [-0.05, 0) is 35.0 Å². The van der Waals surface area contributed by atoms with Crippen LogP contribution in [-0.4, -0.2) is 32.5 Å². The number of nitrogen functional groups attached to an aromatic ring is 1. The molecule has 2 aromatic carbocycles. The van der Waals surface area contributed by atoms with Gasteiger partial charge < -0.3 is 15.2 Å². The Balaban J connectivity index is 1.93. The van der Waals surface area contributed by atoms with E-state index >= 15 is 0 Å². The molecule has 104 valence electrons. The first kappa shape index (κ1) is 12.9. The van der Waals surface area contributed by atoms with Gasteiger partial charge in [-0.3, -0.25) is 9.69 Å². The number of hydrogen-bond acceptors (Lipinski definition) is 4. The van der Waals surface area contributed by atoms with E-state index in [1.165, 1.54) is 0 Å². The van der Waals surface area contributed by atoms with Gasteiger partial charge in [0.1, 0.15) is 6.73 Å². The molecule has 1 fully saturated rings. The Hall–Kier alpha value is -2.11. The monoisotopic (exact) mass is 272 g/mol. The molecule has 1 heterocycles. The van der Waals surface area contributed by atoms with E-state index in [1.54, 1.807) is 12.0 Å². The quantitative estimate of drug-likeness (QED) is 0.865. The van der Waals surface area contributed by atoms with E-state index in [4.69, 9.17) is 15.2 Å². The molecule has 1 aliphatic rings. The number of anilines is 2. The van der Waals surface area contributed by atoms with Crippen LogP contribution in [0.2, 0.25) is 0 Å². The van der Waals surface area contributed by atoms with Gasteiger partial charge in [-0.25, -0.2) is 0 Å². The number of carbonyl (C=O) groups is 1. The van der Waals surface area contributed by atoms with Crippen LogP contribution in [0.25, 0.3) is 10.8 Å².